The summed E-state index contributed by atoms with van der Waals surface area (Å²) in [5, 5.41) is 14.3. The molecule has 0 aromatic heterocycles. The Kier molecular flexibility index (Phi) is 4.94. The average molecular weight is 348 g/mol. The number of hydrogen-bond donors (Lipinski definition) is 1. The molecule has 130 valence electrons. The first kappa shape index (κ1) is 17.2. The van der Waals surface area contributed by atoms with Crippen molar-refractivity contribution in [1.82, 2.24) is 0 Å². The predicted octanol–water partition coefficient (Wildman–Crippen LogP) is 5.33. The fourth-order valence-electron chi connectivity index (χ4n) is 2.39. The second-order valence-corrected chi connectivity index (χ2v) is 5.61. The first-order chi connectivity index (χ1) is 12.5. The molecule has 0 aliphatic carbocycles. The van der Waals surface area contributed by atoms with Crippen molar-refractivity contribution in [2.75, 3.05) is 5.32 Å². The van der Waals surface area contributed by atoms with Gasteiger partial charge in [-0.25, -0.2) is 0 Å². The molecular weight excluding hydrogens is 332 g/mol. The molecule has 6 nitrogen and oxygen atoms in total. The summed E-state index contributed by atoms with van der Waals surface area (Å²) in [6, 6.07) is 20.8. The van der Waals surface area contributed by atoms with E-state index in [-0.39, 0.29) is 11.5 Å². The maximum atomic E-state index is 11.4. The number of para-hydroxylation sites is 1. The standard InChI is InChI=1S/C20H16N2O4/c1-14(23)15-7-12-19(20(13-15)22(24)25)21-16-8-10-18(11-9-16)26-17-5-3-2-4-6-17/h2-13,21H,1H3. The lowest BCUT2D eigenvalue weighted by atomic mass is 10.1. The zero-order valence-electron chi connectivity index (χ0n) is 14.0. The van der Waals surface area contributed by atoms with Crippen molar-refractivity contribution in [3.05, 3.63) is 88.5 Å². The van der Waals surface area contributed by atoms with Crippen LogP contribution in [-0.4, -0.2) is 10.7 Å². The fraction of sp³-hybridized carbons (Fsp3) is 0.0500. The first-order valence-electron chi connectivity index (χ1n) is 7.92. The molecule has 3 aromatic carbocycles. The number of nitrogens with zero attached hydrogens (tertiary/aromatic N) is 1. The van der Waals surface area contributed by atoms with E-state index in [9.17, 15) is 14.9 Å². The lowest BCUT2D eigenvalue weighted by Crippen LogP contribution is -2.00. The van der Waals surface area contributed by atoms with Gasteiger partial charge < -0.3 is 10.1 Å². The molecule has 3 aromatic rings. The fourth-order valence-corrected chi connectivity index (χ4v) is 2.39. The van der Waals surface area contributed by atoms with Gasteiger partial charge in [-0.2, -0.15) is 0 Å². The molecule has 0 saturated heterocycles. The third kappa shape index (κ3) is 4.05. The van der Waals surface area contributed by atoms with Crippen LogP contribution in [0.1, 0.15) is 17.3 Å². The van der Waals surface area contributed by atoms with Gasteiger partial charge in [0.2, 0.25) is 0 Å². The quantitative estimate of drug-likeness (QED) is 0.370. The van der Waals surface area contributed by atoms with Gasteiger partial charge in [-0.3, -0.25) is 14.9 Å². The summed E-state index contributed by atoms with van der Waals surface area (Å²) < 4.78 is 5.71. The summed E-state index contributed by atoms with van der Waals surface area (Å²) in [6.07, 6.45) is 0. The molecule has 0 aliphatic heterocycles. The zero-order valence-corrected chi connectivity index (χ0v) is 14.0. The van der Waals surface area contributed by atoms with Crippen molar-refractivity contribution in [3.8, 4) is 11.5 Å². The molecule has 0 saturated carbocycles. The van der Waals surface area contributed by atoms with Crippen molar-refractivity contribution < 1.29 is 14.5 Å². The molecule has 0 radical (unpaired) electrons. The summed E-state index contributed by atoms with van der Waals surface area (Å²) in [5.74, 6) is 1.16. The monoisotopic (exact) mass is 348 g/mol. The van der Waals surface area contributed by atoms with Crippen LogP contribution in [0.3, 0.4) is 0 Å². The molecule has 0 heterocycles. The first-order valence-corrected chi connectivity index (χ1v) is 7.92. The number of nitro groups is 1. The number of benzene rings is 3. The Bertz CT molecular complexity index is 938. The molecule has 0 amide bonds. The Morgan fingerprint density at radius 2 is 1.62 bits per heavy atom. The zero-order chi connectivity index (χ0) is 18.5. The predicted molar refractivity (Wildman–Crippen MR) is 99.3 cm³/mol. The van der Waals surface area contributed by atoms with Gasteiger partial charge >= 0.3 is 0 Å². The van der Waals surface area contributed by atoms with Crippen molar-refractivity contribution in [1.29, 1.82) is 0 Å². The molecule has 0 bridgehead atoms. The Hall–Kier alpha value is -3.67. The molecular formula is C20H16N2O4. The highest BCUT2D eigenvalue weighted by Crippen LogP contribution is 2.30. The number of carbonyl (C=O) groups excluding carboxylic acids is 1. The van der Waals surface area contributed by atoms with Crippen LogP contribution in [0.2, 0.25) is 0 Å². The van der Waals surface area contributed by atoms with E-state index in [2.05, 4.69) is 5.32 Å². The third-order valence-electron chi connectivity index (χ3n) is 3.71. The molecule has 1 N–H and O–H groups in total. The average Bonchev–Trinajstić information content (AvgIpc) is 2.64. The molecule has 3 rings (SSSR count). The number of rotatable bonds is 6. The second kappa shape index (κ2) is 7.48. The van der Waals surface area contributed by atoms with Gasteiger partial charge in [-0.05, 0) is 55.5 Å². The molecule has 0 fully saturated rings. The SMILES string of the molecule is CC(=O)c1ccc(Nc2ccc(Oc3ccccc3)cc2)c([N+](=O)[O-])c1. The number of carbonyl (C=O) groups is 1. The van der Waals surface area contributed by atoms with Gasteiger partial charge in [0.15, 0.2) is 5.78 Å². The van der Waals surface area contributed by atoms with Crippen molar-refractivity contribution in [2.24, 2.45) is 0 Å². The molecule has 0 spiro atoms. The highest BCUT2D eigenvalue weighted by atomic mass is 16.6. The van der Waals surface area contributed by atoms with E-state index in [4.69, 9.17) is 4.74 Å². The summed E-state index contributed by atoms with van der Waals surface area (Å²) in [6.45, 7) is 1.37. The van der Waals surface area contributed by atoms with Crippen molar-refractivity contribution >= 4 is 22.8 Å². The van der Waals surface area contributed by atoms with E-state index in [1.165, 1.54) is 19.1 Å². The number of hydrogen-bond acceptors (Lipinski definition) is 5. The maximum absolute atomic E-state index is 11.4. The van der Waals surface area contributed by atoms with Crippen LogP contribution in [0.5, 0.6) is 11.5 Å². The van der Waals surface area contributed by atoms with E-state index >= 15 is 0 Å². The van der Waals surface area contributed by atoms with Gasteiger partial charge in [0.25, 0.3) is 5.69 Å². The molecule has 26 heavy (non-hydrogen) atoms. The lowest BCUT2D eigenvalue weighted by Gasteiger charge is -2.10. The van der Waals surface area contributed by atoms with Crippen LogP contribution in [0.25, 0.3) is 0 Å². The van der Waals surface area contributed by atoms with Crippen LogP contribution in [0.15, 0.2) is 72.8 Å². The second-order valence-electron chi connectivity index (χ2n) is 5.61. The minimum absolute atomic E-state index is 0.151. The van der Waals surface area contributed by atoms with Gasteiger partial charge in [-0.1, -0.05) is 18.2 Å². The van der Waals surface area contributed by atoms with Crippen LogP contribution in [0, 0.1) is 10.1 Å². The summed E-state index contributed by atoms with van der Waals surface area (Å²) in [7, 11) is 0. The number of ether oxygens (including phenoxy) is 1. The summed E-state index contributed by atoms with van der Waals surface area (Å²) in [4.78, 5) is 22.2. The van der Waals surface area contributed by atoms with Crippen LogP contribution in [0.4, 0.5) is 17.1 Å². The number of anilines is 2. The minimum Gasteiger partial charge on any atom is -0.457 e. The topological polar surface area (TPSA) is 81.5 Å². The Labute approximate surface area is 150 Å². The highest BCUT2D eigenvalue weighted by Gasteiger charge is 2.16. The molecule has 0 aliphatic rings. The number of Topliss-reactive ketones (excluding diaryl/α,β-unsaturated/α-hetero) is 1. The Morgan fingerprint density at radius 1 is 0.962 bits per heavy atom. The number of ketones is 1. The van der Waals surface area contributed by atoms with E-state index in [0.29, 0.717) is 22.7 Å². The van der Waals surface area contributed by atoms with E-state index < -0.39 is 4.92 Å². The molecule has 6 heteroatoms. The normalized spacial score (nSPS) is 10.2. The summed E-state index contributed by atoms with van der Waals surface area (Å²) in [5.41, 5.74) is 1.14. The minimum atomic E-state index is -0.512. The maximum Gasteiger partial charge on any atom is 0.293 e. The van der Waals surface area contributed by atoms with Gasteiger partial charge in [0.05, 0.1) is 4.92 Å². The van der Waals surface area contributed by atoms with Crippen molar-refractivity contribution in [3.63, 3.8) is 0 Å². The van der Waals surface area contributed by atoms with Crippen LogP contribution in [-0.2, 0) is 0 Å². The smallest absolute Gasteiger partial charge is 0.293 e. The number of nitro benzene ring substituents is 1. The molecule has 0 unspecified atom stereocenters. The van der Waals surface area contributed by atoms with Gasteiger partial charge in [0.1, 0.15) is 17.2 Å². The number of nitrogens with one attached hydrogen (secondary N) is 1. The summed E-state index contributed by atoms with van der Waals surface area (Å²) >= 11 is 0. The van der Waals surface area contributed by atoms with Crippen LogP contribution < -0.4 is 10.1 Å². The van der Waals surface area contributed by atoms with Gasteiger partial charge in [-0.15, -0.1) is 0 Å². The van der Waals surface area contributed by atoms with E-state index in [0.717, 1.165) is 5.75 Å². The highest BCUT2D eigenvalue weighted by molar-refractivity contribution is 5.95. The largest absolute Gasteiger partial charge is 0.457 e. The Balaban J connectivity index is 1.79. The van der Waals surface area contributed by atoms with E-state index in [1.54, 1.807) is 30.3 Å². The van der Waals surface area contributed by atoms with Gasteiger partial charge in [0, 0.05) is 17.3 Å². The third-order valence-corrected chi connectivity index (χ3v) is 3.71. The van der Waals surface area contributed by atoms with Crippen LogP contribution >= 0.6 is 0 Å². The Morgan fingerprint density at radius 3 is 2.23 bits per heavy atom. The van der Waals surface area contributed by atoms with E-state index in [1.807, 2.05) is 30.3 Å². The van der Waals surface area contributed by atoms with Crippen molar-refractivity contribution in [2.45, 2.75) is 6.92 Å². The lowest BCUT2D eigenvalue weighted by molar-refractivity contribution is -0.383. The molecule has 0 atom stereocenters.